The zero-order chi connectivity index (χ0) is 22.0. The Morgan fingerprint density at radius 1 is 0.875 bits per heavy atom. The van der Waals surface area contributed by atoms with Crippen LogP contribution in [0.5, 0.6) is 11.5 Å². The van der Waals surface area contributed by atoms with E-state index < -0.39 is 5.41 Å². The molecule has 4 aromatic rings. The number of amides is 1. The summed E-state index contributed by atoms with van der Waals surface area (Å²) in [5.74, 6) is 1.45. The van der Waals surface area contributed by atoms with Crippen LogP contribution in [0.15, 0.2) is 91.5 Å². The number of fused-ring (bicyclic) bond motifs is 1. The van der Waals surface area contributed by atoms with Crippen LogP contribution in [-0.2, 0) is 23.2 Å². The summed E-state index contributed by atoms with van der Waals surface area (Å²) in [5.41, 5.74) is 4.30. The maximum Gasteiger partial charge on any atom is 0.252 e. The average molecular weight is 420 g/mol. The molecule has 5 rings (SSSR count). The number of hydrogen-bond donors (Lipinski definition) is 0. The minimum Gasteiger partial charge on any atom is -0.457 e. The van der Waals surface area contributed by atoms with Crippen LogP contribution in [0, 0.1) is 0 Å². The topological polar surface area (TPSA) is 66.2 Å². The summed E-state index contributed by atoms with van der Waals surface area (Å²) in [6.45, 7) is 2.37. The molecule has 2 heterocycles. The van der Waals surface area contributed by atoms with Crippen molar-refractivity contribution in [3.8, 4) is 22.6 Å². The Bertz CT molecular complexity index is 1260. The van der Waals surface area contributed by atoms with Crippen molar-refractivity contribution in [1.82, 2.24) is 15.3 Å². The van der Waals surface area contributed by atoms with Gasteiger partial charge in [-0.2, -0.15) is 0 Å². The first kappa shape index (κ1) is 19.9. The van der Waals surface area contributed by atoms with Gasteiger partial charge in [0.15, 0.2) is 0 Å². The normalized spacial score (nSPS) is 17.3. The molecule has 3 aromatic carbocycles. The van der Waals surface area contributed by atoms with E-state index in [4.69, 9.17) is 4.74 Å². The van der Waals surface area contributed by atoms with Crippen molar-refractivity contribution in [2.45, 2.75) is 25.3 Å². The molecule has 1 aromatic heterocycles. The van der Waals surface area contributed by atoms with E-state index in [1.165, 1.54) is 6.33 Å². The van der Waals surface area contributed by atoms with Gasteiger partial charge in [0.1, 0.15) is 17.8 Å². The quantitative estimate of drug-likeness (QED) is 0.452. The molecule has 0 aliphatic carbocycles. The lowest BCUT2D eigenvalue weighted by Gasteiger charge is -2.34. The summed E-state index contributed by atoms with van der Waals surface area (Å²) in [7, 11) is 0. The molecule has 0 fully saturated rings. The van der Waals surface area contributed by atoms with Crippen LogP contribution in [0.4, 0.5) is 0 Å². The number of hydrogen-bond acceptors (Lipinski definition) is 4. The number of carbonyl (C=O) groups excluding carboxylic acids is 1. The Morgan fingerprint density at radius 2 is 1.62 bits per heavy atom. The van der Waals surface area contributed by atoms with Crippen molar-refractivity contribution in [3.63, 3.8) is 0 Å². The van der Waals surface area contributed by atoms with E-state index in [0.717, 1.165) is 39.3 Å². The van der Waals surface area contributed by atoms with Crippen LogP contribution >= 0.6 is 0 Å². The number of carbonyl (C=O) groups is 1. The first-order chi connectivity index (χ1) is 15.6. The van der Waals surface area contributed by atoms with Gasteiger partial charge in [-0.15, -0.1) is 0 Å². The first-order valence-corrected chi connectivity index (χ1v) is 10.5. The highest BCUT2D eigenvalue weighted by Gasteiger charge is 2.41. The Balaban J connectivity index is 1.51. The molecular formula is C27H22N3O2. The molecular weight excluding hydrogens is 398 g/mol. The second-order valence-corrected chi connectivity index (χ2v) is 8.19. The number of nitrogens with zero attached hydrogens (tertiary/aromatic N) is 3. The van der Waals surface area contributed by atoms with Gasteiger partial charge in [0.25, 0.3) is 5.91 Å². The molecule has 32 heavy (non-hydrogen) atoms. The molecule has 157 valence electrons. The highest BCUT2D eigenvalue weighted by Crippen LogP contribution is 2.38. The highest BCUT2D eigenvalue weighted by molar-refractivity contribution is 5.90. The molecule has 0 saturated heterocycles. The molecule has 1 amide bonds. The molecule has 5 nitrogen and oxygen atoms in total. The Kier molecular flexibility index (Phi) is 5.15. The minimum absolute atomic E-state index is 0.104. The highest BCUT2D eigenvalue weighted by atomic mass is 16.5. The van der Waals surface area contributed by atoms with E-state index in [-0.39, 0.29) is 5.91 Å². The fourth-order valence-corrected chi connectivity index (χ4v) is 4.22. The number of para-hydroxylation sites is 1. The van der Waals surface area contributed by atoms with E-state index >= 15 is 0 Å². The van der Waals surface area contributed by atoms with Gasteiger partial charge in [-0.05, 0) is 71.5 Å². The standard InChI is InChI=1S/C27H22N3O2/c1-27(14-19-15-28-18-29-16-19)25-13-21(10-11-22(25)17-30-26(27)31)20-6-5-9-24(12-20)32-23-7-3-2-4-8-23/h2-13,15-16,18H,14,17H2,1H3. The fourth-order valence-electron chi connectivity index (χ4n) is 4.22. The van der Waals surface area contributed by atoms with Crippen LogP contribution in [0.3, 0.4) is 0 Å². The summed E-state index contributed by atoms with van der Waals surface area (Å²) in [5, 5.41) is 4.28. The first-order valence-electron chi connectivity index (χ1n) is 10.5. The van der Waals surface area contributed by atoms with Crippen molar-refractivity contribution < 1.29 is 9.53 Å². The van der Waals surface area contributed by atoms with Gasteiger partial charge >= 0.3 is 0 Å². The SMILES string of the molecule is CC1(Cc2cncnc2)C(=O)[N]Cc2ccc(-c3cccc(Oc4ccccc4)c3)cc21. The van der Waals surface area contributed by atoms with Gasteiger partial charge in [0, 0.05) is 12.4 Å². The van der Waals surface area contributed by atoms with Crippen molar-refractivity contribution in [1.29, 1.82) is 0 Å². The maximum atomic E-state index is 13.0. The third kappa shape index (κ3) is 3.85. The van der Waals surface area contributed by atoms with E-state index in [1.54, 1.807) is 12.4 Å². The summed E-state index contributed by atoms with van der Waals surface area (Å²) in [4.78, 5) is 21.2. The second kappa shape index (κ2) is 8.27. The average Bonchev–Trinajstić information content (AvgIpc) is 2.83. The third-order valence-electron chi connectivity index (χ3n) is 5.89. The van der Waals surface area contributed by atoms with Crippen molar-refractivity contribution in [2.24, 2.45) is 0 Å². The van der Waals surface area contributed by atoms with Crippen LogP contribution in [0.25, 0.3) is 11.1 Å². The predicted molar refractivity (Wildman–Crippen MR) is 122 cm³/mol. The van der Waals surface area contributed by atoms with Gasteiger partial charge in [-0.3, -0.25) is 4.79 Å². The van der Waals surface area contributed by atoms with Gasteiger partial charge < -0.3 is 4.74 Å². The number of rotatable bonds is 5. The zero-order valence-corrected chi connectivity index (χ0v) is 17.7. The molecule has 5 heteroatoms. The molecule has 0 bridgehead atoms. The van der Waals surface area contributed by atoms with Crippen LogP contribution in [0.1, 0.15) is 23.6 Å². The Labute approximate surface area is 187 Å². The van der Waals surface area contributed by atoms with Crippen LogP contribution in [-0.4, -0.2) is 15.9 Å². The maximum absolute atomic E-state index is 13.0. The largest absolute Gasteiger partial charge is 0.457 e. The van der Waals surface area contributed by atoms with Gasteiger partial charge in [0.05, 0.1) is 12.0 Å². The Morgan fingerprint density at radius 3 is 2.44 bits per heavy atom. The van der Waals surface area contributed by atoms with E-state index in [2.05, 4.69) is 39.6 Å². The molecule has 1 aliphatic heterocycles. The molecule has 1 aliphatic rings. The van der Waals surface area contributed by atoms with Crippen molar-refractivity contribution >= 4 is 5.91 Å². The molecule has 0 spiro atoms. The van der Waals surface area contributed by atoms with E-state index in [9.17, 15) is 4.79 Å². The number of benzene rings is 3. The van der Waals surface area contributed by atoms with Crippen molar-refractivity contribution in [3.05, 3.63) is 108 Å². The molecule has 1 atom stereocenters. The number of aromatic nitrogens is 2. The lowest BCUT2D eigenvalue weighted by molar-refractivity contribution is -0.127. The third-order valence-corrected chi connectivity index (χ3v) is 5.89. The van der Waals surface area contributed by atoms with E-state index in [1.807, 2.05) is 55.5 Å². The molecule has 0 N–H and O–H groups in total. The van der Waals surface area contributed by atoms with Crippen LogP contribution in [0.2, 0.25) is 0 Å². The van der Waals surface area contributed by atoms with E-state index in [0.29, 0.717) is 13.0 Å². The fraction of sp³-hybridized carbons (Fsp3) is 0.148. The molecule has 0 saturated carbocycles. The summed E-state index contributed by atoms with van der Waals surface area (Å²) in [6.07, 6.45) is 5.52. The lowest BCUT2D eigenvalue weighted by atomic mass is 9.72. The zero-order valence-electron chi connectivity index (χ0n) is 17.7. The van der Waals surface area contributed by atoms with Crippen LogP contribution < -0.4 is 10.1 Å². The summed E-state index contributed by atoms with van der Waals surface area (Å²) in [6, 6.07) is 24.0. The molecule has 1 radical (unpaired) electrons. The molecule has 1 unspecified atom stereocenters. The van der Waals surface area contributed by atoms with Gasteiger partial charge in [-0.1, -0.05) is 42.5 Å². The smallest absolute Gasteiger partial charge is 0.252 e. The second-order valence-electron chi connectivity index (χ2n) is 8.19. The van der Waals surface area contributed by atoms with Gasteiger partial charge in [-0.25, -0.2) is 15.3 Å². The monoisotopic (exact) mass is 420 g/mol. The summed E-state index contributed by atoms with van der Waals surface area (Å²) >= 11 is 0. The predicted octanol–water partition coefficient (Wildman–Crippen LogP) is 5.08. The van der Waals surface area contributed by atoms with Crippen molar-refractivity contribution in [2.75, 3.05) is 0 Å². The minimum atomic E-state index is -0.757. The van der Waals surface area contributed by atoms with Gasteiger partial charge in [0.2, 0.25) is 0 Å². The number of ether oxygens (including phenoxy) is 1. The summed E-state index contributed by atoms with van der Waals surface area (Å²) < 4.78 is 6.01. The Hall–Kier alpha value is -3.99. The lowest BCUT2D eigenvalue weighted by Crippen LogP contribution is -2.45.